The molecule has 1 fully saturated rings. The van der Waals surface area contributed by atoms with Gasteiger partial charge in [0, 0.05) is 30.0 Å². The molecule has 0 radical (unpaired) electrons. The topological polar surface area (TPSA) is 54.5 Å². The lowest BCUT2D eigenvalue weighted by Crippen LogP contribution is -2.38. The Bertz CT molecular complexity index is 1050. The number of hydrogen-bond acceptors (Lipinski definition) is 3. The van der Waals surface area contributed by atoms with E-state index in [1.54, 1.807) is 4.31 Å². The van der Waals surface area contributed by atoms with Crippen LogP contribution in [0, 0.1) is 32.6 Å². The van der Waals surface area contributed by atoms with Gasteiger partial charge in [-0.2, -0.15) is 4.31 Å². The molecule has 1 heterocycles. The second-order valence-electron chi connectivity index (χ2n) is 8.29. The number of carbonyl (C=O) groups is 1. The van der Waals surface area contributed by atoms with Crippen molar-refractivity contribution in [2.45, 2.75) is 44.6 Å². The molecular formula is C24H27NO3S. The molecule has 1 aliphatic heterocycles. The number of Topliss-reactive ketones (excluding diaryl/α,β-unsaturated/α-hetero) is 1. The lowest BCUT2D eigenvalue weighted by atomic mass is 9.81. The Morgan fingerprint density at radius 1 is 1.03 bits per heavy atom. The zero-order valence-corrected chi connectivity index (χ0v) is 17.9. The second kappa shape index (κ2) is 7.54. The van der Waals surface area contributed by atoms with Gasteiger partial charge in [0.1, 0.15) is 0 Å². The fourth-order valence-electron chi connectivity index (χ4n) is 5.07. The van der Waals surface area contributed by atoms with Crippen LogP contribution in [0.25, 0.3) is 0 Å². The molecule has 0 N–H and O–H groups in total. The molecule has 4 rings (SSSR count). The van der Waals surface area contributed by atoms with Crippen LogP contribution in [0.5, 0.6) is 0 Å². The van der Waals surface area contributed by atoms with E-state index in [1.165, 1.54) is 0 Å². The molecule has 5 heteroatoms. The van der Waals surface area contributed by atoms with Gasteiger partial charge < -0.3 is 0 Å². The van der Waals surface area contributed by atoms with Crippen LogP contribution >= 0.6 is 0 Å². The Balaban J connectivity index is 1.75. The molecule has 4 nitrogen and oxygen atoms in total. The SMILES string of the molecule is Cc1cc(C)c(S(=O)(=O)N2C[C@H](C(=O)c3ccccc3)[C@H]3C=CCC[C@H]32)c(C)c1. The number of rotatable bonds is 4. The highest BCUT2D eigenvalue weighted by Crippen LogP contribution is 2.42. The summed E-state index contributed by atoms with van der Waals surface area (Å²) in [7, 11) is -3.69. The maximum atomic E-state index is 13.7. The Morgan fingerprint density at radius 3 is 2.34 bits per heavy atom. The first kappa shape index (κ1) is 20.0. The summed E-state index contributed by atoms with van der Waals surface area (Å²) in [6.45, 7) is 5.92. The number of allylic oxidation sites excluding steroid dienone is 1. The van der Waals surface area contributed by atoms with Crippen LogP contribution in [0.15, 0.2) is 59.5 Å². The third kappa shape index (κ3) is 3.47. The van der Waals surface area contributed by atoms with E-state index < -0.39 is 10.0 Å². The van der Waals surface area contributed by atoms with E-state index in [9.17, 15) is 13.2 Å². The van der Waals surface area contributed by atoms with Gasteiger partial charge in [-0.1, -0.05) is 60.2 Å². The molecule has 0 bridgehead atoms. The van der Waals surface area contributed by atoms with E-state index in [0.29, 0.717) is 10.5 Å². The van der Waals surface area contributed by atoms with Crippen LogP contribution in [-0.2, 0) is 10.0 Å². The van der Waals surface area contributed by atoms with E-state index >= 15 is 0 Å². The van der Waals surface area contributed by atoms with Gasteiger partial charge in [-0.15, -0.1) is 0 Å². The first-order valence-electron chi connectivity index (χ1n) is 10.2. The largest absolute Gasteiger partial charge is 0.294 e. The van der Waals surface area contributed by atoms with Gasteiger partial charge in [0.25, 0.3) is 0 Å². The van der Waals surface area contributed by atoms with Crippen molar-refractivity contribution in [3.05, 3.63) is 76.9 Å². The molecule has 3 atom stereocenters. The highest BCUT2D eigenvalue weighted by atomic mass is 32.2. The Kier molecular flexibility index (Phi) is 5.21. The summed E-state index contributed by atoms with van der Waals surface area (Å²) in [5.41, 5.74) is 3.24. The highest BCUT2D eigenvalue weighted by Gasteiger charge is 2.49. The molecule has 0 saturated carbocycles. The summed E-state index contributed by atoms with van der Waals surface area (Å²) in [6.07, 6.45) is 5.74. The fraction of sp³-hybridized carbons (Fsp3) is 0.375. The zero-order chi connectivity index (χ0) is 20.8. The van der Waals surface area contributed by atoms with Gasteiger partial charge in [0.2, 0.25) is 10.0 Å². The molecule has 0 amide bonds. The predicted molar refractivity (Wildman–Crippen MR) is 114 cm³/mol. The Morgan fingerprint density at radius 2 is 1.69 bits per heavy atom. The summed E-state index contributed by atoms with van der Waals surface area (Å²) in [5, 5.41) is 0. The minimum absolute atomic E-state index is 0.0298. The molecule has 0 spiro atoms. The fourth-order valence-corrected chi connectivity index (χ4v) is 7.20. The summed E-state index contributed by atoms with van der Waals surface area (Å²) >= 11 is 0. The lowest BCUT2D eigenvalue weighted by molar-refractivity contribution is 0.0908. The molecule has 29 heavy (non-hydrogen) atoms. The van der Waals surface area contributed by atoms with Crippen molar-refractivity contribution in [3.63, 3.8) is 0 Å². The van der Waals surface area contributed by atoms with E-state index in [0.717, 1.165) is 29.5 Å². The molecule has 2 aromatic rings. The maximum Gasteiger partial charge on any atom is 0.243 e. The van der Waals surface area contributed by atoms with E-state index in [2.05, 4.69) is 12.2 Å². The van der Waals surface area contributed by atoms with E-state index in [4.69, 9.17) is 0 Å². The van der Waals surface area contributed by atoms with Crippen LogP contribution in [0.3, 0.4) is 0 Å². The monoisotopic (exact) mass is 409 g/mol. The third-order valence-electron chi connectivity index (χ3n) is 6.21. The number of nitrogens with zero attached hydrogens (tertiary/aromatic N) is 1. The van der Waals surface area contributed by atoms with Crippen LogP contribution in [0.1, 0.15) is 39.9 Å². The van der Waals surface area contributed by atoms with Gasteiger partial charge in [0.15, 0.2) is 5.78 Å². The lowest BCUT2D eigenvalue weighted by Gasteiger charge is -2.29. The smallest absolute Gasteiger partial charge is 0.243 e. The first-order valence-corrected chi connectivity index (χ1v) is 11.6. The standard InChI is InChI=1S/C24H27NO3S/c1-16-13-17(2)24(18(3)14-16)29(27,28)25-15-21(20-11-7-8-12-22(20)25)23(26)19-9-5-4-6-10-19/h4-7,9-11,13-14,20-22H,8,12,15H2,1-3H3/t20-,21+,22-/m1/s1. The Hall–Kier alpha value is -2.24. The molecule has 0 aromatic heterocycles. The van der Waals surface area contributed by atoms with Crippen molar-refractivity contribution < 1.29 is 13.2 Å². The number of hydrogen-bond donors (Lipinski definition) is 0. The van der Waals surface area contributed by atoms with Gasteiger partial charge in [-0.25, -0.2) is 8.42 Å². The Labute approximate surface area is 173 Å². The van der Waals surface area contributed by atoms with Gasteiger partial charge in [0.05, 0.1) is 4.90 Å². The highest BCUT2D eigenvalue weighted by molar-refractivity contribution is 7.89. The minimum Gasteiger partial charge on any atom is -0.294 e. The summed E-state index contributed by atoms with van der Waals surface area (Å²) in [5.74, 6) is -0.390. The van der Waals surface area contributed by atoms with E-state index in [1.807, 2.05) is 63.2 Å². The first-order chi connectivity index (χ1) is 13.8. The third-order valence-corrected chi connectivity index (χ3v) is 8.41. The molecule has 1 saturated heterocycles. The molecular weight excluding hydrogens is 382 g/mol. The number of sulfonamides is 1. The number of fused-ring (bicyclic) bond motifs is 1. The molecule has 152 valence electrons. The average molecular weight is 410 g/mol. The number of benzene rings is 2. The van der Waals surface area contributed by atoms with Crippen molar-refractivity contribution in [1.82, 2.24) is 4.31 Å². The molecule has 2 aromatic carbocycles. The minimum atomic E-state index is -3.69. The number of ketones is 1. The number of carbonyl (C=O) groups excluding carboxylic acids is 1. The van der Waals surface area contributed by atoms with Crippen molar-refractivity contribution in [2.75, 3.05) is 6.54 Å². The quantitative estimate of drug-likeness (QED) is 0.554. The van der Waals surface area contributed by atoms with Crippen molar-refractivity contribution in [3.8, 4) is 0 Å². The molecule has 0 unspecified atom stereocenters. The van der Waals surface area contributed by atoms with Crippen molar-refractivity contribution in [2.24, 2.45) is 11.8 Å². The average Bonchev–Trinajstić information content (AvgIpc) is 3.07. The van der Waals surface area contributed by atoms with Crippen LogP contribution in [-0.4, -0.2) is 31.1 Å². The molecule has 1 aliphatic carbocycles. The van der Waals surface area contributed by atoms with Crippen molar-refractivity contribution >= 4 is 15.8 Å². The maximum absolute atomic E-state index is 13.7. The van der Waals surface area contributed by atoms with Crippen molar-refractivity contribution in [1.29, 1.82) is 0 Å². The van der Waals surface area contributed by atoms with Gasteiger partial charge >= 0.3 is 0 Å². The summed E-state index contributed by atoms with van der Waals surface area (Å²) in [6, 6.07) is 12.9. The zero-order valence-electron chi connectivity index (χ0n) is 17.1. The van der Waals surface area contributed by atoms with E-state index in [-0.39, 0.29) is 30.2 Å². The van der Waals surface area contributed by atoms with Crippen LogP contribution < -0.4 is 0 Å². The molecule has 2 aliphatic rings. The predicted octanol–water partition coefficient (Wildman–Crippen LogP) is 4.45. The van der Waals surface area contributed by atoms with Gasteiger partial charge in [-0.3, -0.25) is 4.79 Å². The second-order valence-corrected chi connectivity index (χ2v) is 10.1. The van der Waals surface area contributed by atoms with Crippen LogP contribution in [0.4, 0.5) is 0 Å². The summed E-state index contributed by atoms with van der Waals surface area (Å²) in [4.78, 5) is 13.6. The van der Waals surface area contributed by atoms with Crippen LogP contribution in [0.2, 0.25) is 0 Å². The number of aryl methyl sites for hydroxylation is 3. The normalized spacial score (nSPS) is 24.4. The van der Waals surface area contributed by atoms with Gasteiger partial charge in [-0.05, 0) is 44.7 Å². The summed E-state index contributed by atoms with van der Waals surface area (Å²) < 4.78 is 29.1.